The molecule has 114 valence electrons. The third-order valence-electron chi connectivity index (χ3n) is 3.68. The number of carbonyl (C=O) groups excluding carboxylic acids is 1. The third-order valence-corrected chi connectivity index (χ3v) is 3.68. The molecule has 3 rings (SSSR count). The number of nitrogens with one attached hydrogen (secondary N) is 1. The summed E-state index contributed by atoms with van der Waals surface area (Å²) in [4.78, 5) is 12.3. The highest BCUT2D eigenvalue weighted by molar-refractivity contribution is 5.94. The number of hydrogen-bond acceptors (Lipinski definition) is 3. The normalized spacial score (nSPS) is 16.4. The lowest BCUT2D eigenvalue weighted by molar-refractivity contribution is 0.0924. The lowest BCUT2D eigenvalue weighted by Gasteiger charge is -2.26. The second-order valence-corrected chi connectivity index (χ2v) is 5.05. The number of methoxy groups -OCH3 is 1. The van der Waals surface area contributed by atoms with Crippen LogP contribution in [-0.4, -0.2) is 19.6 Å². The number of para-hydroxylation sites is 1. The van der Waals surface area contributed by atoms with E-state index in [4.69, 9.17) is 9.47 Å². The highest BCUT2D eigenvalue weighted by atomic mass is 19.1. The molecule has 0 unspecified atom stereocenters. The van der Waals surface area contributed by atoms with Crippen molar-refractivity contribution in [1.82, 2.24) is 5.32 Å². The van der Waals surface area contributed by atoms with Gasteiger partial charge in [-0.25, -0.2) is 4.39 Å². The van der Waals surface area contributed by atoms with E-state index in [-0.39, 0.29) is 23.3 Å². The van der Waals surface area contributed by atoms with Crippen LogP contribution in [0.5, 0.6) is 11.5 Å². The quantitative estimate of drug-likeness (QED) is 0.947. The molecule has 0 bridgehead atoms. The molecule has 0 saturated carbocycles. The van der Waals surface area contributed by atoms with Crippen LogP contribution in [0.2, 0.25) is 0 Å². The Hall–Kier alpha value is -2.56. The van der Waals surface area contributed by atoms with Gasteiger partial charge in [0.25, 0.3) is 5.91 Å². The first-order valence-corrected chi connectivity index (χ1v) is 7.05. The van der Waals surface area contributed by atoms with E-state index >= 15 is 0 Å². The molecule has 1 aliphatic rings. The molecule has 2 aromatic rings. The van der Waals surface area contributed by atoms with E-state index in [1.165, 1.54) is 19.2 Å². The highest BCUT2D eigenvalue weighted by Gasteiger charge is 2.23. The van der Waals surface area contributed by atoms with Gasteiger partial charge in [-0.05, 0) is 24.3 Å². The van der Waals surface area contributed by atoms with Crippen LogP contribution in [0.1, 0.15) is 28.4 Å². The summed E-state index contributed by atoms with van der Waals surface area (Å²) < 4.78 is 24.1. The Balaban J connectivity index is 1.79. The second-order valence-electron chi connectivity index (χ2n) is 5.05. The topological polar surface area (TPSA) is 47.6 Å². The average Bonchev–Trinajstić information content (AvgIpc) is 2.55. The summed E-state index contributed by atoms with van der Waals surface area (Å²) in [6.45, 7) is 0.541. The van der Waals surface area contributed by atoms with Gasteiger partial charge in [0.1, 0.15) is 5.75 Å². The van der Waals surface area contributed by atoms with E-state index in [1.54, 1.807) is 6.07 Å². The highest BCUT2D eigenvalue weighted by Crippen LogP contribution is 2.31. The van der Waals surface area contributed by atoms with Gasteiger partial charge in [-0.2, -0.15) is 0 Å². The predicted octanol–water partition coefficient (Wildman–Crippen LogP) is 3.09. The Morgan fingerprint density at radius 1 is 1.32 bits per heavy atom. The lowest BCUT2D eigenvalue weighted by Crippen LogP contribution is -2.32. The molecular formula is C17H16FNO3. The average molecular weight is 301 g/mol. The molecule has 0 radical (unpaired) electrons. The fraction of sp³-hybridized carbons (Fsp3) is 0.235. The molecule has 22 heavy (non-hydrogen) atoms. The van der Waals surface area contributed by atoms with Gasteiger partial charge in [-0.15, -0.1) is 0 Å². The van der Waals surface area contributed by atoms with Crippen LogP contribution >= 0.6 is 0 Å². The molecule has 1 amide bonds. The monoisotopic (exact) mass is 301 g/mol. The van der Waals surface area contributed by atoms with E-state index < -0.39 is 5.82 Å². The molecule has 1 heterocycles. The number of hydrogen-bond donors (Lipinski definition) is 1. The number of rotatable bonds is 3. The van der Waals surface area contributed by atoms with Crippen LogP contribution in [0.15, 0.2) is 42.5 Å². The molecule has 4 nitrogen and oxygen atoms in total. The molecule has 5 heteroatoms. The lowest BCUT2D eigenvalue weighted by atomic mass is 10.00. The number of amides is 1. The zero-order chi connectivity index (χ0) is 15.5. The van der Waals surface area contributed by atoms with Gasteiger partial charge in [0.2, 0.25) is 0 Å². The van der Waals surface area contributed by atoms with Gasteiger partial charge in [0.05, 0.1) is 19.8 Å². The molecule has 2 aromatic carbocycles. The van der Waals surface area contributed by atoms with Gasteiger partial charge in [0, 0.05) is 17.5 Å². The Kier molecular flexibility index (Phi) is 3.96. The minimum absolute atomic E-state index is 0.118. The van der Waals surface area contributed by atoms with E-state index in [0.29, 0.717) is 13.0 Å². The van der Waals surface area contributed by atoms with Crippen LogP contribution in [0.4, 0.5) is 4.39 Å². The van der Waals surface area contributed by atoms with Crippen molar-refractivity contribution in [1.29, 1.82) is 0 Å². The van der Waals surface area contributed by atoms with Gasteiger partial charge in [-0.1, -0.05) is 18.2 Å². The van der Waals surface area contributed by atoms with Crippen LogP contribution in [-0.2, 0) is 0 Å². The second kappa shape index (κ2) is 6.05. The summed E-state index contributed by atoms with van der Waals surface area (Å²) >= 11 is 0. The van der Waals surface area contributed by atoms with E-state index in [0.717, 1.165) is 11.3 Å². The SMILES string of the molecule is COc1ccc(C(=O)N[C@H]2CCOc3ccccc32)cc1F. The first-order valence-electron chi connectivity index (χ1n) is 7.05. The summed E-state index contributed by atoms with van der Waals surface area (Å²) in [5.41, 5.74) is 1.21. The van der Waals surface area contributed by atoms with Gasteiger partial charge < -0.3 is 14.8 Å². The first kappa shape index (κ1) is 14.4. The Labute approximate surface area is 127 Å². The van der Waals surface area contributed by atoms with Crippen LogP contribution < -0.4 is 14.8 Å². The minimum atomic E-state index is -0.553. The zero-order valence-corrected chi connectivity index (χ0v) is 12.1. The van der Waals surface area contributed by atoms with Crippen molar-refractivity contribution in [3.63, 3.8) is 0 Å². The maximum atomic E-state index is 13.7. The molecule has 0 spiro atoms. The van der Waals surface area contributed by atoms with Crippen molar-refractivity contribution < 1.29 is 18.7 Å². The summed E-state index contributed by atoms with van der Waals surface area (Å²) in [5.74, 6) is 0.0266. The van der Waals surface area contributed by atoms with Gasteiger partial charge >= 0.3 is 0 Å². The Bertz CT molecular complexity index is 702. The molecule has 0 aromatic heterocycles. The van der Waals surface area contributed by atoms with E-state index in [1.807, 2.05) is 24.3 Å². The van der Waals surface area contributed by atoms with Gasteiger partial charge in [-0.3, -0.25) is 4.79 Å². The summed E-state index contributed by atoms with van der Waals surface area (Å²) in [6, 6.07) is 11.6. The van der Waals surface area contributed by atoms with Crippen LogP contribution in [0.3, 0.4) is 0 Å². The largest absolute Gasteiger partial charge is 0.494 e. The maximum Gasteiger partial charge on any atom is 0.251 e. The molecule has 1 aliphatic heterocycles. The maximum absolute atomic E-state index is 13.7. The standard InChI is InChI=1S/C17H16FNO3/c1-21-16-7-6-11(10-13(16)18)17(20)19-14-8-9-22-15-5-3-2-4-12(14)15/h2-7,10,14H,8-9H2,1H3,(H,19,20)/t14-/m0/s1. The Morgan fingerprint density at radius 2 is 2.14 bits per heavy atom. The number of fused-ring (bicyclic) bond motifs is 1. The minimum Gasteiger partial charge on any atom is -0.494 e. The van der Waals surface area contributed by atoms with Crippen LogP contribution in [0, 0.1) is 5.82 Å². The van der Waals surface area contributed by atoms with Crippen molar-refractivity contribution >= 4 is 5.91 Å². The molecule has 0 aliphatic carbocycles. The smallest absolute Gasteiger partial charge is 0.251 e. The number of carbonyl (C=O) groups is 1. The van der Waals surface area contributed by atoms with Crippen molar-refractivity contribution in [3.8, 4) is 11.5 Å². The molecule has 1 N–H and O–H groups in total. The van der Waals surface area contributed by atoms with Crippen molar-refractivity contribution in [2.24, 2.45) is 0 Å². The van der Waals surface area contributed by atoms with Crippen molar-refractivity contribution in [2.45, 2.75) is 12.5 Å². The number of halogens is 1. The fourth-order valence-electron chi connectivity index (χ4n) is 2.54. The fourth-order valence-corrected chi connectivity index (χ4v) is 2.54. The Morgan fingerprint density at radius 3 is 2.91 bits per heavy atom. The predicted molar refractivity (Wildman–Crippen MR) is 79.7 cm³/mol. The van der Waals surface area contributed by atoms with Crippen molar-refractivity contribution in [3.05, 3.63) is 59.4 Å². The van der Waals surface area contributed by atoms with Gasteiger partial charge in [0.15, 0.2) is 11.6 Å². The number of ether oxygens (including phenoxy) is 2. The van der Waals surface area contributed by atoms with E-state index in [2.05, 4.69) is 5.32 Å². The van der Waals surface area contributed by atoms with E-state index in [9.17, 15) is 9.18 Å². The summed E-state index contributed by atoms with van der Waals surface area (Å²) in [7, 11) is 1.39. The molecule has 1 atom stereocenters. The number of benzene rings is 2. The van der Waals surface area contributed by atoms with Crippen molar-refractivity contribution in [2.75, 3.05) is 13.7 Å². The molecular weight excluding hydrogens is 285 g/mol. The third kappa shape index (κ3) is 2.74. The summed E-state index contributed by atoms with van der Waals surface area (Å²) in [6.07, 6.45) is 0.682. The van der Waals surface area contributed by atoms with Crippen LogP contribution in [0.25, 0.3) is 0 Å². The molecule has 0 fully saturated rings. The summed E-state index contributed by atoms with van der Waals surface area (Å²) in [5, 5.41) is 2.93. The molecule has 0 saturated heterocycles. The zero-order valence-electron chi connectivity index (χ0n) is 12.1. The first-order chi connectivity index (χ1) is 10.7.